The maximum atomic E-state index is 5.97. The van der Waals surface area contributed by atoms with Crippen LogP contribution in [0.25, 0.3) is 28.0 Å². The minimum atomic E-state index is 0.710. The van der Waals surface area contributed by atoms with Crippen LogP contribution in [0.2, 0.25) is 5.02 Å². The van der Waals surface area contributed by atoms with E-state index < -0.39 is 0 Å². The van der Waals surface area contributed by atoms with Crippen LogP contribution in [0.15, 0.2) is 67.0 Å². The first-order valence-corrected chi connectivity index (χ1v) is 7.87. The molecule has 0 unspecified atom stereocenters. The Bertz CT molecular complexity index is 991. The number of benzene rings is 2. The minimum absolute atomic E-state index is 0.710. The lowest BCUT2D eigenvalue weighted by Gasteiger charge is -2.06. The molecule has 2 aromatic carbocycles. The standard InChI is InChI=1S/C19H14ClN3O/c1-24-16-8-4-14(5-9-16)18-10-11-21-19-17(12-22-23(18)19)13-2-6-15(20)7-3-13/h2-12H,1H3. The molecule has 0 amide bonds. The Balaban J connectivity index is 1.85. The average Bonchev–Trinajstić information content (AvgIpc) is 3.07. The van der Waals surface area contributed by atoms with Crippen LogP contribution in [0.3, 0.4) is 0 Å². The van der Waals surface area contributed by atoms with Crippen LogP contribution in [0.1, 0.15) is 0 Å². The number of aromatic nitrogens is 3. The number of nitrogens with zero attached hydrogens (tertiary/aromatic N) is 3. The van der Waals surface area contributed by atoms with Crippen LogP contribution < -0.4 is 4.74 Å². The lowest BCUT2D eigenvalue weighted by Crippen LogP contribution is -1.95. The van der Waals surface area contributed by atoms with Crippen LogP contribution in [-0.2, 0) is 0 Å². The van der Waals surface area contributed by atoms with Crippen molar-refractivity contribution in [1.82, 2.24) is 14.6 Å². The fourth-order valence-corrected chi connectivity index (χ4v) is 2.83. The van der Waals surface area contributed by atoms with E-state index in [9.17, 15) is 0 Å². The van der Waals surface area contributed by atoms with E-state index in [1.165, 1.54) is 0 Å². The normalized spacial score (nSPS) is 10.9. The molecule has 0 saturated carbocycles. The van der Waals surface area contributed by atoms with Gasteiger partial charge in [-0.05, 0) is 48.0 Å². The topological polar surface area (TPSA) is 39.4 Å². The molecule has 4 nitrogen and oxygen atoms in total. The number of ether oxygens (including phenoxy) is 1. The summed E-state index contributed by atoms with van der Waals surface area (Å²) in [5.41, 5.74) is 4.85. The third kappa shape index (κ3) is 2.51. The zero-order valence-electron chi connectivity index (χ0n) is 13.0. The SMILES string of the molecule is COc1ccc(-c2ccnc3c(-c4ccc(Cl)cc4)cnn23)cc1. The van der Waals surface area contributed by atoms with Gasteiger partial charge in [0.25, 0.3) is 0 Å². The zero-order valence-corrected chi connectivity index (χ0v) is 13.7. The van der Waals surface area contributed by atoms with Crippen molar-refractivity contribution in [3.05, 3.63) is 72.0 Å². The highest BCUT2D eigenvalue weighted by Crippen LogP contribution is 2.28. The van der Waals surface area contributed by atoms with Crippen molar-refractivity contribution in [1.29, 1.82) is 0 Å². The first-order chi connectivity index (χ1) is 11.8. The lowest BCUT2D eigenvalue weighted by molar-refractivity contribution is 0.415. The minimum Gasteiger partial charge on any atom is -0.497 e. The molecule has 2 aromatic heterocycles. The number of hydrogen-bond donors (Lipinski definition) is 0. The second kappa shape index (κ2) is 5.98. The van der Waals surface area contributed by atoms with E-state index in [2.05, 4.69) is 10.1 Å². The molecule has 0 atom stereocenters. The fourth-order valence-electron chi connectivity index (χ4n) is 2.70. The van der Waals surface area contributed by atoms with Crippen molar-refractivity contribution < 1.29 is 4.74 Å². The Morgan fingerprint density at radius 1 is 0.917 bits per heavy atom. The summed E-state index contributed by atoms with van der Waals surface area (Å²) in [7, 11) is 1.66. The van der Waals surface area contributed by atoms with Gasteiger partial charge in [-0.3, -0.25) is 0 Å². The number of rotatable bonds is 3. The number of fused-ring (bicyclic) bond motifs is 1. The molecule has 0 aliphatic carbocycles. The highest BCUT2D eigenvalue weighted by Gasteiger charge is 2.11. The molecule has 0 fully saturated rings. The van der Waals surface area contributed by atoms with Gasteiger partial charge in [-0.2, -0.15) is 5.10 Å². The molecular formula is C19H14ClN3O. The lowest BCUT2D eigenvalue weighted by atomic mass is 10.1. The van der Waals surface area contributed by atoms with E-state index in [0.717, 1.165) is 33.8 Å². The summed E-state index contributed by atoms with van der Waals surface area (Å²) >= 11 is 5.97. The summed E-state index contributed by atoms with van der Waals surface area (Å²) in [6.07, 6.45) is 3.63. The Labute approximate surface area is 144 Å². The number of methoxy groups -OCH3 is 1. The molecule has 0 aliphatic heterocycles. The summed E-state index contributed by atoms with van der Waals surface area (Å²) < 4.78 is 7.07. The Morgan fingerprint density at radius 2 is 1.62 bits per heavy atom. The van der Waals surface area contributed by atoms with Crippen molar-refractivity contribution >= 4 is 17.2 Å². The molecule has 118 valence electrons. The first kappa shape index (κ1) is 14.7. The zero-order chi connectivity index (χ0) is 16.5. The monoisotopic (exact) mass is 335 g/mol. The second-order valence-electron chi connectivity index (χ2n) is 5.36. The Hall–Kier alpha value is -2.85. The molecule has 0 N–H and O–H groups in total. The van der Waals surface area contributed by atoms with Gasteiger partial charge in [0.15, 0.2) is 5.65 Å². The molecular weight excluding hydrogens is 322 g/mol. The van der Waals surface area contributed by atoms with Gasteiger partial charge in [0.2, 0.25) is 0 Å². The maximum Gasteiger partial charge on any atom is 0.163 e. The van der Waals surface area contributed by atoms with Gasteiger partial charge >= 0.3 is 0 Å². The van der Waals surface area contributed by atoms with E-state index in [4.69, 9.17) is 16.3 Å². The van der Waals surface area contributed by atoms with Gasteiger partial charge in [-0.1, -0.05) is 23.7 Å². The molecule has 5 heteroatoms. The average molecular weight is 336 g/mol. The van der Waals surface area contributed by atoms with Crippen molar-refractivity contribution in [2.75, 3.05) is 7.11 Å². The first-order valence-electron chi connectivity index (χ1n) is 7.49. The van der Waals surface area contributed by atoms with E-state index in [0.29, 0.717) is 5.02 Å². The van der Waals surface area contributed by atoms with Crippen molar-refractivity contribution in [3.8, 4) is 28.1 Å². The molecule has 2 heterocycles. The van der Waals surface area contributed by atoms with E-state index in [-0.39, 0.29) is 0 Å². The highest BCUT2D eigenvalue weighted by atomic mass is 35.5. The van der Waals surface area contributed by atoms with Crippen molar-refractivity contribution in [3.63, 3.8) is 0 Å². The summed E-state index contributed by atoms with van der Waals surface area (Å²) in [5.74, 6) is 0.825. The van der Waals surface area contributed by atoms with E-state index in [1.54, 1.807) is 13.3 Å². The summed E-state index contributed by atoms with van der Waals surface area (Å²) in [4.78, 5) is 4.50. The van der Waals surface area contributed by atoms with Crippen LogP contribution in [-0.4, -0.2) is 21.7 Å². The summed E-state index contributed by atoms with van der Waals surface area (Å²) in [6.45, 7) is 0. The van der Waals surface area contributed by atoms with Gasteiger partial charge in [-0.25, -0.2) is 9.50 Å². The van der Waals surface area contributed by atoms with E-state index in [1.807, 2.05) is 65.3 Å². The quantitative estimate of drug-likeness (QED) is 0.543. The molecule has 0 aliphatic rings. The maximum absolute atomic E-state index is 5.97. The summed E-state index contributed by atoms with van der Waals surface area (Å²) in [6, 6.07) is 17.5. The van der Waals surface area contributed by atoms with Gasteiger partial charge in [-0.15, -0.1) is 0 Å². The molecule has 0 bridgehead atoms. The molecule has 4 aromatic rings. The van der Waals surface area contributed by atoms with Gasteiger partial charge in [0.05, 0.1) is 19.0 Å². The molecule has 0 saturated heterocycles. The smallest absolute Gasteiger partial charge is 0.163 e. The van der Waals surface area contributed by atoms with Gasteiger partial charge < -0.3 is 4.74 Å². The molecule has 0 spiro atoms. The second-order valence-corrected chi connectivity index (χ2v) is 5.80. The predicted octanol–water partition coefficient (Wildman–Crippen LogP) is 4.73. The third-order valence-corrected chi connectivity index (χ3v) is 4.19. The van der Waals surface area contributed by atoms with Crippen molar-refractivity contribution in [2.24, 2.45) is 0 Å². The van der Waals surface area contributed by atoms with Crippen LogP contribution >= 0.6 is 11.6 Å². The van der Waals surface area contributed by atoms with E-state index >= 15 is 0 Å². The van der Waals surface area contributed by atoms with Crippen LogP contribution in [0.5, 0.6) is 5.75 Å². The molecule has 4 rings (SSSR count). The molecule has 24 heavy (non-hydrogen) atoms. The van der Waals surface area contributed by atoms with Gasteiger partial charge in [0, 0.05) is 22.3 Å². The van der Waals surface area contributed by atoms with Crippen LogP contribution in [0.4, 0.5) is 0 Å². The summed E-state index contributed by atoms with van der Waals surface area (Å²) in [5, 5.41) is 5.24. The van der Waals surface area contributed by atoms with Crippen LogP contribution in [0, 0.1) is 0 Å². The number of hydrogen-bond acceptors (Lipinski definition) is 3. The Kier molecular flexibility index (Phi) is 3.67. The third-order valence-electron chi connectivity index (χ3n) is 3.94. The predicted molar refractivity (Wildman–Crippen MR) is 95.4 cm³/mol. The van der Waals surface area contributed by atoms with Gasteiger partial charge in [0.1, 0.15) is 5.75 Å². The fraction of sp³-hybridized carbons (Fsp3) is 0.0526. The molecule has 0 radical (unpaired) electrons. The Morgan fingerprint density at radius 3 is 2.33 bits per heavy atom. The van der Waals surface area contributed by atoms with Crippen molar-refractivity contribution in [2.45, 2.75) is 0 Å². The number of halogens is 1. The highest BCUT2D eigenvalue weighted by molar-refractivity contribution is 6.30. The largest absolute Gasteiger partial charge is 0.497 e.